The van der Waals surface area contributed by atoms with E-state index in [0.29, 0.717) is 24.7 Å². The van der Waals surface area contributed by atoms with Crippen LogP contribution in [0.2, 0.25) is 0 Å². The van der Waals surface area contributed by atoms with E-state index in [2.05, 4.69) is 189 Å². The molecule has 0 saturated carbocycles. The molecule has 2 amide bonds. The van der Waals surface area contributed by atoms with E-state index in [9.17, 15) is 9.59 Å². The van der Waals surface area contributed by atoms with Gasteiger partial charge < -0.3 is 10.5 Å². The van der Waals surface area contributed by atoms with E-state index < -0.39 is 20.8 Å². The number of carbonyl (C=O) groups is 2. The van der Waals surface area contributed by atoms with Gasteiger partial charge in [0.25, 0.3) is 0 Å². The van der Waals surface area contributed by atoms with Gasteiger partial charge in [0.05, 0.1) is 0 Å². The number of fused-ring (bicyclic) bond motifs is 2. The van der Waals surface area contributed by atoms with E-state index in [1.165, 1.54) is 86.4 Å². The Hall–Kier alpha value is -3.43. The topological polar surface area (TPSA) is 58.2 Å². The molecular weight excluding hydrogens is 858 g/mol. The van der Waals surface area contributed by atoms with Gasteiger partial charge in [-0.2, -0.15) is 12.1 Å². The molecule has 0 bridgehead atoms. The van der Waals surface area contributed by atoms with Crippen LogP contribution in [0.15, 0.2) is 109 Å². The van der Waals surface area contributed by atoms with Gasteiger partial charge in [0.2, 0.25) is 11.8 Å². The summed E-state index contributed by atoms with van der Waals surface area (Å²) in [6.45, 7) is 26.4. The Balaban J connectivity index is 0.000000247. The van der Waals surface area contributed by atoms with Crippen LogP contribution in [0.3, 0.4) is 0 Å². The van der Waals surface area contributed by atoms with Crippen LogP contribution in [0.4, 0.5) is 0 Å². The van der Waals surface area contributed by atoms with Crippen LogP contribution in [0.5, 0.6) is 0 Å². The first-order valence-electron chi connectivity index (χ1n) is 21.4. The fourth-order valence-corrected chi connectivity index (χ4v) is 7.17. The second-order valence-electron chi connectivity index (χ2n) is 17.5. The summed E-state index contributed by atoms with van der Waals surface area (Å²) >= 11 is -0.826. The van der Waals surface area contributed by atoms with Gasteiger partial charge >= 0.3 is 45.4 Å². The SMILES string of the molecule is CCC(=O)N[B]NC(=O)CC.CCC(C)c1cc2c(-c3ccccc3C(C)(C)C)cccc2[cH-]1.CCC(C)c1cc2c(-c3ccccc3C(C)(C)C)cccc2[cH-]1.[Cl][Zr+2][Cl]. The van der Waals surface area contributed by atoms with Crippen molar-refractivity contribution in [3.8, 4) is 22.3 Å². The molecule has 0 heterocycles. The molecule has 6 rings (SSSR count). The first-order valence-corrected chi connectivity index (χ1v) is 27.7. The predicted molar refractivity (Wildman–Crippen MR) is 259 cm³/mol. The molecule has 0 aliphatic heterocycles. The molecule has 6 aromatic carbocycles. The summed E-state index contributed by atoms with van der Waals surface area (Å²) in [7, 11) is 11.1. The molecule has 0 aliphatic rings. The third-order valence-electron chi connectivity index (χ3n) is 11.1. The van der Waals surface area contributed by atoms with Crippen molar-refractivity contribution in [3.63, 3.8) is 0 Å². The standard InChI is InChI=1S/2C23H27.C6H12BN2O2.2ClH.Zr/c2*1-6-16(2)18-14-17-10-9-12-19(21(17)15-18)20-11-7-8-13-22(20)23(3,4)5;1-3-5(10)8-7-9-6(11)4-2;;;/h2*7-16H,6H2,1-5H3;3-4H2,1-2H3,(H,8,10)(H,9,11);2*1H;/q2*-1;;;;+4/p-2. The van der Waals surface area contributed by atoms with Crippen LogP contribution in [-0.2, 0) is 41.3 Å². The van der Waals surface area contributed by atoms with Crippen molar-refractivity contribution >= 4 is 57.9 Å². The molecule has 6 aromatic rings. The number of hydrogen-bond donors (Lipinski definition) is 2. The van der Waals surface area contributed by atoms with E-state index in [0.717, 1.165) is 0 Å². The van der Waals surface area contributed by atoms with Gasteiger partial charge in [0.15, 0.2) is 0 Å². The molecule has 0 spiro atoms. The molecule has 60 heavy (non-hydrogen) atoms. The fraction of sp³-hybridized carbons (Fsp3) is 0.385. The van der Waals surface area contributed by atoms with Gasteiger partial charge in [0, 0.05) is 12.8 Å². The van der Waals surface area contributed by atoms with E-state index in [1.54, 1.807) is 13.8 Å². The van der Waals surface area contributed by atoms with E-state index >= 15 is 0 Å². The van der Waals surface area contributed by atoms with Gasteiger partial charge in [-0.15, -0.1) is 69.1 Å². The van der Waals surface area contributed by atoms with Crippen molar-refractivity contribution in [2.24, 2.45) is 0 Å². The zero-order valence-electron chi connectivity index (χ0n) is 38.0. The van der Waals surface area contributed by atoms with Crippen molar-refractivity contribution < 1.29 is 30.4 Å². The number of benzene rings is 4. The summed E-state index contributed by atoms with van der Waals surface area (Å²) < 4.78 is 0. The Kier molecular flexibility index (Phi) is 20.6. The van der Waals surface area contributed by atoms with Crippen LogP contribution < -0.4 is 10.5 Å². The summed E-state index contributed by atoms with van der Waals surface area (Å²) in [5.41, 5.74) is 11.5. The number of halogens is 2. The third kappa shape index (κ3) is 14.3. The summed E-state index contributed by atoms with van der Waals surface area (Å²) in [4.78, 5) is 21.2. The second-order valence-corrected chi connectivity index (χ2v) is 21.2. The van der Waals surface area contributed by atoms with Crippen LogP contribution in [0.1, 0.15) is 143 Å². The minimum atomic E-state index is -0.826. The van der Waals surface area contributed by atoms with Crippen molar-refractivity contribution in [1.82, 2.24) is 10.5 Å². The van der Waals surface area contributed by atoms with E-state index in [1.807, 2.05) is 0 Å². The zero-order valence-corrected chi connectivity index (χ0v) is 42.0. The molecule has 0 fully saturated rings. The Labute approximate surface area is 381 Å². The average molecular weight is 924 g/mol. The summed E-state index contributed by atoms with van der Waals surface area (Å²) in [6, 6.07) is 40.6. The number of nitrogens with one attached hydrogen (secondary N) is 2. The van der Waals surface area contributed by atoms with Gasteiger partial charge in [-0.3, -0.25) is 9.59 Å². The van der Waals surface area contributed by atoms with Crippen LogP contribution in [0.25, 0.3) is 43.8 Å². The monoisotopic (exact) mass is 921 g/mol. The maximum absolute atomic E-state index is 10.6. The van der Waals surface area contributed by atoms with Gasteiger partial charge in [-0.05, 0) is 44.9 Å². The molecule has 2 N–H and O–H groups in total. The Bertz CT molecular complexity index is 2100. The van der Waals surface area contributed by atoms with Crippen molar-refractivity contribution in [2.45, 2.75) is 131 Å². The molecule has 1 radical (unpaired) electrons. The van der Waals surface area contributed by atoms with E-state index in [-0.39, 0.29) is 22.6 Å². The number of carbonyl (C=O) groups excluding carboxylic acids is 2. The Morgan fingerprint density at radius 1 is 0.583 bits per heavy atom. The molecule has 2 atom stereocenters. The summed E-state index contributed by atoms with van der Waals surface area (Å²) in [6.07, 6.45) is 3.20. The quantitative estimate of drug-likeness (QED) is 0.106. The van der Waals surface area contributed by atoms with Crippen LogP contribution in [-0.4, -0.2) is 19.4 Å². The van der Waals surface area contributed by atoms with Gasteiger partial charge in [0.1, 0.15) is 0 Å². The molecule has 317 valence electrons. The van der Waals surface area contributed by atoms with Gasteiger partial charge in [-0.25, -0.2) is 0 Å². The molecule has 8 heteroatoms. The average Bonchev–Trinajstić information content (AvgIpc) is 3.88. The summed E-state index contributed by atoms with van der Waals surface area (Å²) in [5, 5.41) is 10.3. The normalized spacial score (nSPS) is 12.0. The maximum atomic E-state index is 10.6. The molecule has 4 nitrogen and oxygen atoms in total. The first kappa shape index (κ1) is 50.9. The van der Waals surface area contributed by atoms with Crippen LogP contribution >= 0.6 is 17.0 Å². The molecule has 0 saturated heterocycles. The van der Waals surface area contributed by atoms with Gasteiger partial charge in [-0.1, -0.05) is 168 Å². The van der Waals surface area contributed by atoms with Crippen LogP contribution in [0, 0.1) is 0 Å². The molecule has 0 aromatic heterocycles. The second kappa shape index (κ2) is 24.3. The predicted octanol–water partition coefficient (Wildman–Crippen LogP) is 15.0. The minimum absolute atomic E-state index is 0.110. The van der Waals surface area contributed by atoms with E-state index in [4.69, 9.17) is 17.0 Å². The molecule has 0 aliphatic carbocycles. The molecular formula is C52H66BCl2N2O2Zr. The fourth-order valence-electron chi connectivity index (χ4n) is 7.17. The zero-order chi connectivity index (χ0) is 44.6. The first-order chi connectivity index (χ1) is 28.4. The number of hydrogen-bond acceptors (Lipinski definition) is 2. The van der Waals surface area contributed by atoms with Crippen molar-refractivity contribution in [2.75, 3.05) is 0 Å². The number of amides is 2. The number of rotatable bonds is 10. The van der Waals surface area contributed by atoms with Crippen molar-refractivity contribution in [3.05, 3.63) is 131 Å². The Morgan fingerprint density at radius 2 is 0.917 bits per heavy atom. The van der Waals surface area contributed by atoms with Crippen molar-refractivity contribution in [1.29, 1.82) is 0 Å². The Morgan fingerprint density at radius 3 is 1.23 bits per heavy atom. The third-order valence-corrected chi connectivity index (χ3v) is 11.1. The molecule has 2 unspecified atom stereocenters. The summed E-state index contributed by atoms with van der Waals surface area (Å²) in [5.74, 6) is 1.02.